The van der Waals surface area contributed by atoms with Crippen molar-refractivity contribution in [3.63, 3.8) is 0 Å². The van der Waals surface area contributed by atoms with E-state index in [4.69, 9.17) is 16.3 Å². The maximum absolute atomic E-state index is 9.43. The van der Waals surface area contributed by atoms with Crippen molar-refractivity contribution >= 4 is 11.6 Å². The molecule has 0 aliphatic rings. The van der Waals surface area contributed by atoms with Gasteiger partial charge in [0.1, 0.15) is 18.1 Å². The molecule has 0 saturated carbocycles. The third kappa shape index (κ3) is 3.66. The monoisotopic (exact) mass is 324 g/mol. The Kier molecular flexibility index (Phi) is 4.54. The van der Waals surface area contributed by atoms with Gasteiger partial charge < -0.3 is 9.84 Å². The molecule has 0 saturated heterocycles. The van der Waals surface area contributed by atoms with E-state index < -0.39 is 0 Å². The van der Waals surface area contributed by atoms with Gasteiger partial charge in [0.2, 0.25) is 0 Å². The Morgan fingerprint density at radius 1 is 0.957 bits per heavy atom. The number of ether oxygens (including phenoxy) is 1. The molecule has 0 amide bonds. The molecular weight excluding hydrogens is 308 g/mol. The van der Waals surface area contributed by atoms with E-state index in [1.165, 1.54) is 22.8 Å². The molecule has 0 bridgehead atoms. The summed E-state index contributed by atoms with van der Waals surface area (Å²) in [6.07, 6.45) is 0. The zero-order chi connectivity index (χ0) is 16.2. The molecule has 0 unspecified atom stereocenters. The number of halogens is 1. The van der Waals surface area contributed by atoms with Crippen molar-refractivity contribution in [3.8, 4) is 22.6 Å². The van der Waals surface area contributed by atoms with Crippen LogP contribution < -0.4 is 4.74 Å². The van der Waals surface area contributed by atoms with Crippen molar-refractivity contribution in [3.05, 3.63) is 82.9 Å². The summed E-state index contributed by atoms with van der Waals surface area (Å²) in [7, 11) is 0. The van der Waals surface area contributed by atoms with Crippen molar-refractivity contribution < 1.29 is 9.84 Å². The smallest absolute Gasteiger partial charge is 0.134 e. The predicted molar refractivity (Wildman–Crippen MR) is 94.1 cm³/mol. The lowest BCUT2D eigenvalue weighted by atomic mass is 9.99. The van der Waals surface area contributed by atoms with Crippen LogP contribution >= 0.6 is 11.6 Å². The molecule has 1 N–H and O–H groups in total. The van der Waals surface area contributed by atoms with E-state index in [0.717, 1.165) is 5.56 Å². The van der Waals surface area contributed by atoms with Crippen LogP contribution in [0.1, 0.15) is 11.1 Å². The molecule has 0 aliphatic heterocycles. The molecule has 0 aromatic heterocycles. The molecule has 3 rings (SSSR count). The lowest BCUT2D eigenvalue weighted by molar-refractivity contribution is 0.306. The molecule has 0 aliphatic carbocycles. The highest BCUT2D eigenvalue weighted by Gasteiger charge is 2.04. The Balaban J connectivity index is 1.78. The van der Waals surface area contributed by atoms with Crippen LogP contribution in [0.5, 0.6) is 11.5 Å². The van der Waals surface area contributed by atoms with Gasteiger partial charge in [-0.05, 0) is 47.4 Å². The Hall–Kier alpha value is -2.45. The number of aromatic hydroxyl groups is 1. The molecule has 2 nitrogen and oxygen atoms in total. The van der Waals surface area contributed by atoms with Crippen LogP contribution in [-0.4, -0.2) is 5.11 Å². The Morgan fingerprint density at radius 3 is 2.57 bits per heavy atom. The Morgan fingerprint density at radius 2 is 1.78 bits per heavy atom. The minimum atomic E-state index is 0.0561. The van der Waals surface area contributed by atoms with Gasteiger partial charge in [0.15, 0.2) is 0 Å². The molecule has 0 atom stereocenters. The molecule has 3 aromatic rings. The molecule has 0 heterocycles. The van der Waals surface area contributed by atoms with Gasteiger partial charge in [-0.1, -0.05) is 54.1 Å². The highest BCUT2D eigenvalue weighted by molar-refractivity contribution is 6.32. The molecule has 0 radical (unpaired) electrons. The highest BCUT2D eigenvalue weighted by Crippen LogP contribution is 2.28. The lowest BCUT2D eigenvalue weighted by Crippen LogP contribution is -1.96. The van der Waals surface area contributed by atoms with Gasteiger partial charge in [0.05, 0.1) is 5.02 Å². The number of benzene rings is 3. The van der Waals surface area contributed by atoms with Gasteiger partial charge in [0.25, 0.3) is 0 Å². The number of phenols is 1. The fraction of sp³-hybridized carbons (Fsp3) is 0.100. The average molecular weight is 325 g/mol. The second-order valence-electron chi connectivity index (χ2n) is 5.42. The van der Waals surface area contributed by atoms with E-state index in [1.807, 2.05) is 24.3 Å². The summed E-state index contributed by atoms with van der Waals surface area (Å²) in [6, 6.07) is 21.5. The van der Waals surface area contributed by atoms with E-state index in [1.54, 1.807) is 12.1 Å². The molecular formula is C20H17ClO2. The highest BCUT2D eigenvalue weighted by atomic mass is 35.5. The maximum Gasteiger partial charge on any atom is 0.134 e. The average Bonchev–Trinajstić information content (AvgIpc) is 2.57. The molecule has 116 valence electrons. The SMILES string of the molecule is Cc1ccccc1-c1cccc(COc2ccc(O)c(Cl)c2)c1. The van der Waals surface area contributed by atoms with Crippen LogP contribution in [0.2, 0.25) is 5.02 Å². The van der Waals surface area contributed by atoms with Crippen LogP contribution in [0, 0.1) is 6.92 Å². The van der Waals surface area contributed by atoms with Crippen molar-refractivity contribution in [1.82, 2.24) is 0 Å². The largest absolute Gasteiger partial charge is 0.506 e. The van der Waals surface area contributed by atoms with E-state index in [2.05, 4.69) is 31.2 Å². The predicted octanol–water partition coefficient (Wildman–Crippen LogP) is 5.60. The fourth-order valence-corrected chi connectivity index (χ4v) is 2.64. The van der Waals surface area contributed by atoms with Gasteiger partial charge in [-0.3, -0.25) is 0 Å². The summed E-state index contributed by atoms with van der Waals surface area (Å²) in [5, 5.41) is 9.72. The second-order valence-corrected chi connectivity index (χ2v) is 5.82. The third-order valence-corrected chi connectivity index (χ3v) is 4.01. The van der Waals surface area contributed by atoms with Gasteiger partial charge in [-0.15, -0.1) is 0 Å². The quantitative estimate of drug-likeness (QED) is 0.677. The first-order valence-corrected chi connectivity index (χ1v) is 7.77. The van der Waals surface area contributed by atoms with E-state index >= 15 is 0 Å². The lowest BCUT2D eigenvalue weighted by Gasteiger charge is -2.10. The van der Waals surface area contributed by atoms with Gasteiger partial charge >= 0.3 is 0 Å². The van der Waals surface area contributed by atoms with Crippen molar-refractivity contribution in [2.75, 3.05) is 0 Å². The van der Waals surface area contributed by atoms with Crippen LogP contribution in [0.4, 0.5) is 0 Å². The zero-order valence-corrected chi connectivity index (χ0v) is 13.5. The first-order chi connectivity index (χ1) is 11.1. The van der Waals surface area contributed by atoms with Crippen LogP contribution in [0.3, 0.4) is 0 Å². The van der Waals surface area contributed by atoms with Gasteiger partial charge in [-0.25, -0.2) is 0 Å². The van der Waals surface area contributed by atoms with E-state index in [-0.39, 0.29) is 10.8 Å². The summed E-state index contributed by atoms with van der Waals surface area (Å²) in [4.78, 5) is 0. The maximum atomic E-state index is 9.43. The number of rotatable bonds is 4. The van der Waals surface area contributed by atoms with E-state index in [9.17, 15) is 5.11 Å². The van der Waals surface area contributed by atoms with Crippen molar-refractivity contribution in [1.29, 1.82) is 0 Å². The van der Waals surface area contributed by atoms with Crippen LogP contribution in [0.15, 0.2) is 66.7 Å². The van der Waals surface area contributed by atoms with Crippen LogP contribution in [0.25, 0.3) is 11.1 Å². The second kappa shape index (κ2) is 6.76. The Labute approximate surface area is 140 Å². The standard InChI is InChI=1S/C20H17ClO2/c1-14-5-2-3-8-18(14)16-7-4-6-15(11-16)13-23-17-9-10-20(22)19(21)12-17/h2-12,22H,13H2,1H3. The van der Waals surface area contributed by atoms with Crippen LogP contribution in [-0.2, 0) is 6.61 Å². The normalized spacial score (nSPS) is 10.5. The summed E-state index contributed by atoms with van der Waals surface area (Å²) >= 11 is 5.89. The molecule has 0 spiro atoms. The van der Waals surface area contributed by atoms with Crippen molar-refractivity contribution in [2.45, 2.75) is 13.5 Å². The molecule has 3 heteroatoms. The topological polar surface area (TPSA) is 29.5 Å². The first kappa shape index (κ1) is 15.4. The summed E-state index contributed by atoms with van der Waals surface area (Å²) in [5.41, 5.74) is 4.72. The number of hydrogen-bond acceptors (Lipinski definition) is 2. The molecule has 0 fully saturated rings. The Bertz CT molecular complexity index is 827. The molecule has 23 heavy (non-hydrogen) atoms. The van der Waals surface area contributed by atoms with Crippen molar-refractivity contribution in [2.24, 2.45) is 0 Å². The minimum absolute atomic E-state index is 0.0561. The minimum Gasteiger partial charge on any atom is -0.506 e. The first-order valence-electron chi connectivity index (χ1n) is 7.40. The fourth-order valence-electron chi connectivity index (χ4n) is 2.47. The summed E-state index contributed by atoms with van der Waals surface area (Å²) in [6.45, 7) is 2.55. The summed E-state index contributed by atoms with van der Waals surface area (Å²) in [5.74, 6) is 0.690. The number of phenolic OH excluding ortho intramolecular Hbond substituents is 1. The summed E-state index contributed by atoms with van der Waals surface area (Å²) < 4.78 is 5.75. The van der Waals surface area contributed by atoms with Gasteiger partial charge in [0, 0.05) is 6.07 Å². The van der Waals surface area contributed by atoms with Gasteiger partial charge in [-0.2, -0.15) is 0 Å². The third-order valence-electron chi connectivity index (χ3n) is 3.71. The number of hydrogen-bond donors (Lipinski definition) is 1. The zero-order valence-electron chi connectivity index (χ0n) is 12.8. The van der Waals surface area contributed by atoms with E-state index in [0.29, 0.717) is 12.4 Å². The number of aryl methyl sites for hydroxylation is 1. The molecule has 3 aromatic carbocycles.